The summed E-state index contributed by atoms with van der Waals surface area (Å²) in [4.78, 5) is 28.3. The summed E-state index contributed by atoms with van der Waals surface area (Å²) in [6.07, 6.45) is 0.112. The molecule has 3 aromatic carbocycles. The summed E-state index contributed by atoms with van der Waals surface area (Å²) < 4.78 is 15.9. The van der Waals surface area contributed by atoms with Crippen molar-refractivity contribution in [3.05, 3.63) is 83.9 Å². The second-order valence-corrected chi connectivity index (χ2v) is 8.02. The van der Waals surface area contributed by atoms with E-state index in [0.29, 0.717) is 29.5 Å². The van der Waals surface area contributed by atoms with Crippen LogP contribution in [0.25, 0.3) is 0 Å². The van der Waals surface area contributed by atoms with E-state index < -0.39 is 12.0 Å². The van der Waals surface area contributed by atoms with Crippen LogP contribution in [0.5, 0.6) is 17.2 Å². The Morgan fingerprint density at radius 1 is 0.882 bits per heavy atom. The number of hydrogen-bond donors (Lipinski definition) is 1. The Kier molecular flexibility index (Phi) is 7.01. The van der Waals surface area contributed by atoms with Crippen molar-refractivity contribution in [2.45, 2.75) is 19.0 Å². The van der Waals surface area contributed by atoms with Crippen molar-refractivity contribution >= 4 is 17.5 Å². The molecule has 1 heterocycles. The lowest BCUT2D eigenvalue weighted by molar-refractivity contribution is -0.127. The fourth-order valence-electron chi connectivity index (χ4n) is 4.36. The highest BCUT2D eigenvalue weighted by Crippen LogP contribution is 2.42. The second-order valence-electron chi connectivity index (χ2n) is 8.02. The number of nitrogens with zero attached hydrogens (tertiary/aromatic N) is 1. The molecule has 1 N–H and O–H groups in total. The highest BCUT2D eigenvalue weighted by atomic mass is 16.5. The molecule has 1 aliphatic rings. The van der Waals surface area contributed by atoms with Crippen LogP contribution < -0.4 is 24.4 Å². The summed E-state index contributed by atoms with van der Waals surface area (Å²) in [5.74, 6) is 1.26. The molecule has 0 radical (unpaired) electrons. The maximum Gasteiger partial charge on any atom is 0.228 e. The molecular weight excluding hydrogens is 432 g/mol. The van der Waals surface area contributed by atoms with E-state index in [2.05, 4.69) is 5.32 Å². The van der Waals surface area contributed by atoms with Crippen molar-refractivity contribution < 1.29 is 23.8 Å². The van der Waals surface area contributed by atoms with E-state index in [4.69, 9.17) is 14.2 Å². The molecule has 0 aromatic heterocycles. The average Bonchev–Trinajstić information content (AvgIpc) is 3.24. The molecule has 7 heteroatoms. The van der Waals surface area contributed by atoms with Crippen LogP contribution >= 0.6 is 0 Å². The second kappa shape index (κ2) is 10.3. The standard InChI is InChI=1S/C27H28N2O5/c1-32-21-12-8-18(9-13-21)26-23(27(31)28-17-19-6-4-5-7-24(19)34-3)16-25(30)29(26)20-10-14-22(33-2)15-11-20/h4-15,23,26H,16-17H2,1-3H3,(H,28,31). The minimum atomic E-state index is -0.558. The Labute approximate surface area is 199 Å². The number of nitrogens with one attached hydrogen (secondary N) is 1. The van der Waals surface area contributed by atoms with E-state index in [1.54, 1.807) is 26.2 Å². The highest BCUT2D eigenvalue weighted by Gasteiger charge is 2.45. The van der Waals surface area contributed by atoms with Crippen molar-refractivity contribution in [2.24, 2.45) is 5.92 Å². The molecule has 3 aromatic rings. The number of ether oxygens (including phenoxy) is 3. The first-order valence-corrected chi connectivity index (χ1v) is 11.1. The van der Waals surface area contributed by atoms with Gasteiger partial charge in [0.25, 0.3) is 0 Å². The van der Waals surface area contributed by atoms with Crippen LogP contribution in [0.15, 0.2) is 72.8 Å². The molecule has 4 rings (SSSR count). The van der Waals surface area contributed by atoms with Gasteiger partial charge in [0.2, 0.25) is 11.8 Å². The number of benzene rings is 3. The lowest BCUT2D eigenvalue weighted by Gasteiger charge is -2.28. The van der Waals surface area contributed by atoms with Crippen LogP contribution in [0, 0.1) is 5.92 Å². The molecule has 176 valence electrons. The molecular formula is C27H28N2O5. The van der Waals surface area contributed by atoms with Gasteiger partial charge in [-0.2, -0.15) is 0 Å². The summed E-state index contributed by atoms with van der Waals surface area (Å²) in [5, 5.41) is 3.01. The molecule has 2 atom stereocenters. The smallest absolute Gasteiger partial charge is 0.228 e. The molecule has 1 fully saturated rings. The van der Waals surface area contributed by atoms with Crippen LogP contribution in [0.4, 0.5) is 5.69 Å². The summed E-state index contributed by atoms with van der Waals surface area (Å²) in [7, 11) is 4.80. The first-order valence-electron chi connectivity index (χ1n) is 11.1. The maximum absolute atomic E-state index is 13.4. The number of para-hydroxylation sites is 1. The predicted octanol–water partition coefficient (Wildman–Crippen LogP) is 4.12. The Bertz CT molecular complexity index is 1140. The quantitative estimate of drug-likeness (QED) is 0.547. The average molecular weight is 461 g/mol. The molecule has 1 aliphatic heterocycles. The van der Waals surface area contributed by atoms with E-state index in [0.717, 1.165) is 11.1 Å². The van der Waals surface area contributed by atoms with Gasteiger partial charge in [-0.3, -0.25) is 9.59 Å². The van der Waals surface area contributed by atoms with Gasteiger partial charge in [0.05, 0.1) is 33.3 Å². The molecule has 0 spiro atoms. The van der Waals surface area contributed by atoms with E-state index in [1.165, 1.54) is 0 Å². The Morgan fingerprint density at radius 3 is 2.12 bits per heavy atom. The molecule has 2 unspecified atom stereocenters. The maximum atomic E-state index is 13.4. The van der Waals surface area contributed by atoms with Gasteiger partial charge >= 0.3 is 0 Å². The highest BCUT2D eigenvalue weighted by molar-refractivity contribution is 6.01. The molecule has 0 bridgehead atoms. The van der Waals surface area contributed by atoms with Crippen LogP contribution in [0.3, 0.4) is 0 Å². The number of rotatable bonds is 8. The van der Waals surface area contributed by atoms with Gasteiger partial charge in [0, 0.05) is 24.2 Å². The summed E-state index contributed by atoms with van der Waals surface area (Å²) in [5.41, 5.74) is 2.45. The van der Waals surface area contributed by atoms with Gasteiger partial charge in [-0.05, 0) is 48.0 Å². The van der Waals surface area contributed by atoms with Crippen molar-refractivity contribution in [2.75, 3.05) is 26.2 Å². The van der Waals surface area contributed by atoms with Crippen molar-refractivity contribution in [3.63, 3.8) is 0 Å². The van der Waals surface area contributed by atoms with Gasteiger partial charge in [-0.25, -0.2) is 0 Å². The van der Waals surface area contributed by atoms with Crippen molar-refractivity contribution in [1.29, 1.82) is 0 Å². The van der Waals surface area contributed by atoms with Gasteiger partial charge in [0.15, 0.2) is 0 Å². The Morgan fingerprint density at radius 2 is 1.50 bits per heavy atom. The number of anilines is 1. The lowest BCUT2D eigenvalue weighted by atomic mass is 9.92. The molecule has 0 saturated carbocycles. The Hall–Kier alpha value is -4.00. The molecule has 34 heavy (non-hydrogen) atoms. The fraction of sp³-hybridized carbons (Fsp3) is 0.259. The molecule has 1 saturated heterocycles. The zero-order chi connectivity index (χ0) is 24.1. The lowest BCUT2D eigenvalue weighted by Crippen LogP contribution is -2.35. The monoisotopic (exact) mass is 460 g/mol. The predicted molar refractivity (Wildman–Crippen MR) is 129 cm³/mol. The van der Waals surface area contributed by atoms with Crippen molar-refractivity contribution in [3.8, 4) is 17.2 Å². The SMILES string of the molecule is COc1ccc(C2C(C(=O)NCc3ccccc3OC)CC(=O)N2c2ccc(OC)cc2)cc1. The zero-order valence-corrected chi connectivity index (χ0v) is 19.5. The normalized spacial score (nSPS) is 17.4. The minimum Gasteiger partial charge on any atom is -0.497 e. The topological polar surface area (TPSA) is 77.1 Å². The largest absolute Gasteiger partial charge is 0.497 e. The summed E-state index contributed by atoms with van der Waals surface area (Å²) >= 11 is 0. The van der Waals surface area contributed by atoms with Gasteiger partial charge < -0.3 is 24.4 Å². The third kappa shape index (κ3) is 4.69. The third-order valence-corrected chi connectivity index (χ3v) is 6.11. The first-order chi connectivity index (χ1) is 16.5. The van der Waals surface area contributed by atoms with Gasteiger partial charge in [0.1, 0.15) is 17.2 Å². The first kappa shape index (κ1) is 23.2. The number of methoxy groups -OCH3 is 3. The van der Waals surface area contributed by atoms with Crippen LogP contribution in [-0.4, -0.2) is 33.1 Å². The third-order valence-electron chi connectivity index (χ3n) is 6.11. The van der Waals surface area contributed by atoms with Crippen LogP contribution in [-0.2, 0) is 16.1 Å². The summed E-state index contributed by atoms with van der Waals surface area (Å²) in [6, 6.07) is 21.9. The molecule has 0 aliphatic carbocycles. The fourth-order valence-corrected chi connectivity index (χ4v) is 4.36. The zero-order valence-electron chi connectivity index (χ0n) is 19.5. The van der Waals surface area contributed by atoms with E-state index >= 15 is 0 Å². The molecule has 7 nitrogen and oxygen atoms in total. The van der Waals surface area contributed by atoms with E-state index in [1.807, 2.05) is 72.8 Å². The number of amides is 2. The molecule has 2 amide bonds. The minimum absolute atomic E-state index is 0.108. The van der Waals surface area contributed by atoms with E-state index in [9.17, 15) is 9.59 Å². The van der Waals surface area contributed by atoms with E-state index in [-0.39, 0.29) is 18.2 Å². The number of carbonyl (C=O) groups is 2. The number of carbonyl (C=O) groups excluding carboxylic acids is 2. The van der Waals surface area contributed by atoms with Gasteiger partial charge in [-0.1, -0.05) is 30.3 Å². The number of hydrogen-bond acceptors (Lipinski definition) is 5. The van der Waals surface area contributed by atoms with Crippen LogP contribution in [0.2, 0.25) is 0 Å². The van der Waals surface area contributed by atoms with Gasteiger partial charge in [-0.15, -0.1) is 0 Å². The van der Waals surface area contributed by atoms with Crippen molar-refractivity contribution in [1.82, 2.24) is 5.32 Å². The Balaban J connectivity index is 1.64. The van der Waals surface area contributed by atoms with Crippen LogP contribution in [0.1, 0.15) is 23.6 Å². The summed E-state index contributed by atoms with van der Waals surface area (Å²) in [6.45, 7) is 0.311.